The smallest absolute Gasteiger partial charge is 0.417 e. The molecule has 0 saturated carbocycles. The molecule has 0 radical (unpaired) electrons. The maximum absolute atomic E-state index is 12.8. The van der Waals surface area contributed by atoms with Gasteiger partial charge in [0.2, 0.25) is 5.54 Å². The van der Waals surface area contributed by atoms with Gasteiger partial charge in [0, 0.05) is 6.54 Å². The van der Waals surface area contributed by atoms with Crippen molar-refractivity contribution in [1.29, 1.82) is 0 Å². The number of nitrogens with zero attached hydrogens (tertiary/aromatic N) is 4. The monoisotopic (exact) mass is 295 g/mol. The summed E-state index contributed by atoms with van der Waals surface area (Å²) in [6.07, 6.45) is -3.28. The Kier molecular flexibility index (Phi) is 5.03. The van der Waals surface area contributed by atoms with E-state index in [0.717, 1.165) is 12.8 Å². The van der Waals surface area contributed by atoms with Gasteiger partial charge in [-0.05, 0) is 23.8 Å². The molecule has 1 rings (SSSR count). The lowest BCUT2D eigenvalue weighted by atomic mass is 10.0. The molecule has 0 fully saturated rings. The second-order valence-electron chi connectivity index (χ2n) is 4.45. The predicted molar refractivity (Wildman–Crippen MR) is 61.7 cm³/mol. The van der Waals surface area contributed by atoms with Gasteiger partial charge in [-0.2, -0.15) is 13.2 Å². The number of aryl methyl sites for hydroxylation is 1. The normalized spacial score (nSPS) is 15.1. The van der Waals surface area contributed by atoms with E-state index >= 15 is 0 Å². The van der Waals surface area contributed by atoms with Crippen molar-refractivity contribution in [3.05, 3.63) is 5.82 Å². The van der Waals surface area contributed by atoms with Gasteiger partial charge < -0.3 is 5.11 Å². The van der Waals surface area contributed by atoms with Crippen molar-refractivity contribution in [3.8, 4) is 0 Å². The SMILES string of the molecule is CCCCn1nnnc1CNC(C)(C(=O)O)C(F)(F)F. The van der Waals surface area contributed by atoms with Crippen LogP contribution >= 0.6 is 0 Å². The molecule has 1 aromatic rings. The van der Waals surface area contributed by atoms with Crippen LogP contribution in [0.3, 0.4) is 0 Å². The lowest BCUT2D eigenvalue weighted by molar-refractivity contribution is -0.206. The first-order valence-electron chi connectivity index (χ1n) is 6.02. The van der Waals surface area contributed by atoms with Crippen molar-refractivity contribution in [1.82, 2.24) is 25.5 Å². The predicted octanol–water partition coefficient (Wildman–Crippen LogP) is 0.968. The van der Waals surface area contributed by atoms with Crippen LogP contribution < -0.4 is 5.32 Å². The Balaban J connectivity index is 2.79. The van der Waals surface area contributed by atoms with Crippen LogP contribution in [0.15, 0.2) is 0 Å². The van der Waals surface area contributed by atoms with Crippen molar-refractivity contribution < 1.29 is 23.1 Å². The standard InChI is InChI=1S/C10H16F3N5O2/c1-3-4-5-18-7(15-16-17-18)6-14-9(2,8(19)20)10(11,12)13/h14H,3-6H2,1-2H3,(H,19,20). The van der Waals surface area contributed by atoms with E-state index in [0.29, 0.717) is 13.5 Å². The van der Waals surface area contributed by atoms with Crippen molar-refractivity contribution in [2.45, 2.75) is 51.5 Å². The van der Waals surface area contributed by atoms with Gasteiger partial charge in [0.15, 0.2) is 5.82 Å². The quantitative estimate of drug-likeness (QED) is 0.778. The Morgan fingerprint density at radius 2 is 2.10 bits per heavy atom. The van der Waals surface area contributed by atoms with Crippen LogP contribution in [0.1, 0.15) is 32.5 Å². The Labute approximate surface area is 113 Å². The number of nitrogens with one attached hydrogen (secondary N) is 1. The Morgan fingerprint density at radius 3 is 2.60 bits per heavy atom. The number of carboxylic acid groups (broad SMARTS) is 1. The fraction of sp³-hybridized carbons (Fsp3) is 0.800. The Bertz CT molecular complexity index is 462. The molecular formula is C10H16F3N5O2. The van der Waals surface area contributed by atoms with Gasteiger partial charge in [-0.1, -0.05) is 13.3 Å². The first-order chi connectivity index (χ1) is 9.22. The molecule has 1 aromatic heterocycles. The first-order valence-corrected chi connectivity index (χ1v) is 6.02. The van der Waals surface area contributed by atoms with E-state index in [9.17, 15) is 18.0 Å². The molecule has 114 valence electrons. The molecule has 0 amide bonds. The van der Waals surface area contributed by atoms with Crippen LogP contribution in [-0.2, 0) is 17.9 Å². The fourth-order valence-electron chi connectivity index (χ4n) is 1.38. The van der Waals surface area contributed by atoms with Gasteiger partial charge in [0.25, 0.3) is 0 Å². The summed E-state index contributed by atoms with van der Waals surface area (Å²) in [6.45, 7) is 2.60. The van der Waals surface area contributed by atoms with Gasteiger partial charge in [0.05, 0.1) is 6.54 Å². The van der Waals surface area contributed by atoms with Crippen LogP contribution in [-0.4, -0.2) is 43.0 Å². The zero-order valence-electron chi connectivity index (χ0n) is 11.1. The highest BCUT2D eigenvalue weighted by atomic mass is 19.4. The van der Waals surface area contributed by atoms with Crippen molar-refractivity contribution >= 4 is 5.97 Å². The number of unbranched alkanes of at least 4 members (excludes halogenated alkanes) is 1. The average molecular weight is 295 g/mol. The van der Waals surface area contributed by atoms with E-state index in [1.807, 2.05) is 12.2 Å². The molecule has 2 N–H and O–H groups in total. The maximum atomic E-state index is 12.8. The molecule has 20 heavy (non-hydrogen) atoms. The highest BCUT2D eigenvalue weighted by molar-refractivity contribution is 5.79. The van der Waals surface area contributed by atoms with E-state index in [1.54, 1.807) is 0 Å². The number of hydrogen-bond acceptors (Lipinski definition) is 5. The number of tetrazole rings is 1. The van der Waals surface area contributed by atoms with Crippen molar-refractivity contribution in [2.24, 2.45) is 0 Å². The van der Waals surface area contributed by atoms with Crippen LogP contribution in [0.5, 0.6) is 0 Å². The molecule has 1 heterocycles. The minimum atomic E-state index is -4.93. The highest BCUT2D eigenvalue weighted by Gasteiger charge is 2.57. The number of hydrogen-bond donors (Lipinski definition) is 2. The number of carboxylic acids is 1. The summed E-state index contributed by atoms with van der Waals surface area (Å²) in [5, 5.41) is 21.4. The third-order valence-electron chi connectivity index (χ3n) is 2.92. The molecule has 0 saturated heterocycles. The average Bonchev–Trinajstić information content (AvgIpc) is 2.79. The Hall–Kier alpha value is -1.71. The summed E-state index contributed by atoms with van der Waals surface area (Å²) in [6, 6.07) is 0. The number of halogens is 3. The third-order valence-corrected chi connectivity index (χ3v) is 2.92. The van der Waals surface area contributed by atoms with Crippen LogP contribution in [0.25, 0.3) is 0 Å². The molecule has 1 unspecified atom stereocenters. The van der Waals surface area contributed by atoms with Gasteiger partial charge in [0.1, 0.15) is 0 Å². The lowest BCUT2D eigenvalue weighted by Gasteiger charge is -2.28. The number of alkyl halides is 3. The molecule has 0 aliphatic carbocycles. The zero-order chi connectivity index (χ0) is 15.4. The number of aromatic nitrogens is 4. The van der Waals surface area contributed by atoms with E-state index in [4.69, 9.17) is 5.11 Å². The minimum Gasteiger partial charge on any atom is -0.480 e. The second-order valence-corrected chi connectivity index (χ2v) is 4.45. The summed E-state index contributed by atoms with van der Waals surface area (Å²) < 4.78 is 39.7. The lowest BCUT2D eigenvalue weighted by Crippen LogP contribution is -2.60. The largest absolute Gasteiger partial charge is 0.480 e. The van der Waals surface area contributed by atoms with Gasteiger partial charge in [-0.25, -0.2) is 9.48 Å². The molecule has 1 atom stereocenters. The zero-order valence-corrected chi connectivity index (χ0v) is 11.1. The van der Waals surface area contributed by atoms with Gasteiger partial charge in [-0.3, -0.25) is 5.32 Å². The van der Waals surface area contributed by atoms with Crippen molar-refractivity contribution in [3.63, 3.8) is 0 Å². The Morgan fingerprint density at radius 1 is 1.45 bits per heavy atom. The molecule has 0 aliphatic heterocycles. The van der Waals surface area contributed by atoms with Gasteiger partial charge in [-0.15, -0.1) is 5.10 Å². The summed E-state index contributed by atoms with van der Waals surface area (Å²) >= 11 is 0. The van der Waals surface area contributed by atoms with E-state index in [-0.39, 0.29) is 12.4 Å². The topological polar surface area (TPSA) is 92.9 Å². The highest BCUT2D eigenvalue weighted by Crippen LogP contribution is 2.30. The van der Waals surface area contributed by atoms with E-state index < -0.39 is 17.7 Å². The van der Waals surface area contributed by atoms with Crippen LogP contribution in [0.2, 0.25) is 0 Å². The first kappa shape index (κ1) is 16.3. The molecule has 7 nitrogen and oxygen atoms in total. The molecule has 0 aliphatic rings. The number of carbonyl (C=O) groups is 1. The summed E-state index contributed by atoms with van der Waals surface area (Å²) in [4.78, 5) is 10.8. The molecule has 0 spiro atoms. The minimum absolute atomic E-state index is 0.162. The van der Waals surface area contributed by atoms with E-state index in [2.05, 4.69) is 15.5 Å². The molecule has 0 aromatic carbocycles. The molecular weight excluding hydrogens is 279 g/mol. The van der Waals surface area contributed by atoms with E-state index in [1.165, 1.54) is 4.68 Å². The summed E-state index contributed by atoms with van der Waals surface area (Å²) in [5.41, 5.74) is -3.05. The third kappa shape index (κ3) is 3.44. The summed E-state index contributed by atoms with van der Waals surface area (Å²) in [5.74, 6) is -1.84. The maximum Gasteiger partial charge on any atom is 0.417 e. The summed E-state index contributed by atoms with van der Waals surface area (Å²) in [7, 11) is 0. The van der Waals surface area contributed by atoms with Crippen LogP contribution in [0, 0.1) is 0 Å². The molecule has 10 heteroatoms. The second kappa shape index (κ2) is 6.16. The molecule has 0 bridgehead atoms. The number of aliphatic carboxylic acids is 1. The number of rotatable bonds is 7. The van der Waals surface area contributed by atoms with Crippen molar-refractivity contribution in [2.75, 3.05) is 0 Å². The fourth-order valence-corrected chi connectivity index (χ4v) is 1.38. The van der Waals surface area contributed by atoms with Crippen LogP contribution in [0.4, 0.5) is 13.2 Å². The van der Waals surface area contributed by atoms with Gasteiger partial charge >= 0.3 is 12.1 Å².